The van der Waals surface area contributed by atoms with Crippen LogP contribution in [-0.4, -0.2) is 13.3 Å². The highest BCUT2D eigenvalue weighted by Crippen LogP contribution is 2.12. The summed E-state index contributed by atoms with van der Waals surface area (Å²) in [6.07, 6.45) is 10.0. The minimum Gasteiger partial charge on any atom is -0.493 e. The van der Waals surface area contributed by atoms with Gasteiger partial charge in [-0.1, -0.05) is 18.7 Å². The fourth-order valence-corrected chi connectivity index (χ4v) is 0.982. The van der Waals surface area contributed by atoms with Crippen molar-refractivity contribution in [2.75, 3.05) is 6.61 Å². The van der Waals surface area contributed by atoms with E-state index in [0.29, 0.717) is 6.61 Å². The van der Waals surface area contributed by atoms with Gasteiger partial charge in [-0.15, -0.1) is 0 Å². The van der Waals surface area contributed by atoms with Gasteiger partial charge in [0.15, 0.2) is 0 Å². The van der Waals surface area contributed by atoms with Crippen LogP contribution >= 0.6 is 0 Å². The number of ether oxygens (including phenoxy) is 1. The molecule has 0 bridgehead atoms. The molecule has 1 aliphatic heterocycles. The summed E-state index contributed by atoms with van der Waals surface area (Å²) in [4.78, 5) is 3.86. The fraction of sp³-hybridized carbons (Fsp3) is 0.182. The highest BCUT2D eigenvalue weighted by Gasteiger charge is 2.00. The molecular weight excluding hydrogens is 162 g/mol. The molecule has 68 valence electrons. The van der Waals surface area contributed by atoms with Gasteiger partial charge in [-0.2, -0.15) is 0 Å². The van der Waals surface area contributed by atoms with Crippen LogP contribution in [0, 0.1) is 0 Å². The van der Waals surface area contributed by atoms with E-state index in [1.165, 1.54) is 0 Å². The summed E-state index contributed by atoms with van der Waals surface area (Å²) in [6.45, 7) is 7.71. The standard InChI is InChI=1S/C11H13NO/c1-3-4-5-11-7-6-10(12-2)8-9-13-11/h3-7H,1-2,8-9H2/b5-4+. The first kappa shape index (κ1) is 9.52. The maximum Gasteiger partial charge on any atom is 0.119 e. The summed E-state index contributed by atoms with van der Waals surface area (Å²) in [7, 11) is 0. The molecule has 0 saturated carbocycles. The SMILES string of the molecule is C=C/C=C/C1=CC=C(N=C)CCO1. The average molecular weight is 175 g/mol. The van der Waals surface area contributed by atoms with Gasteiger partial charge in [-0.05, 0) is 24.9 Å². The number of hydrogen-bond acceptors (Lipinski definition) is 2. The molecule has 13 heavy (non-hydrogen) atoms. The molecule has 0 aliphatic carbocycles. The van der Waals surface area contributed by atoms with E-state index in [2.05, 4.69) is 18.3 Å². The maximum atomic E-state index is 5.42. The molecule has 0 aromatic carbocycles. The summed E-state index contributed by atoms with van der Waals surface area (Å²) < 4.78 is 5.42. The van der Waals surface area contributed by atoms with E-state index in [0.717, 1.165) is 17.9 Å². The summed E-state index contributed by atoms with van der Waals surface area (Å²) in [5.74, 6) is 0.832. The zero-order valence-electron chi connectivity index (χ0n) is 7.57. The molecule has 2 heteroatoms. The number of hydrogen-bond donors (Lipinski definition) is 0. The number of nitrogens with zero attached hydrogens (tertiary/aromatic N) is 1. The van der Waals surface area contributed by atoms with E-state index < -0.39 is 0 Å². The van der Waals surface area contributed by atoms with Crippen LogP contribution in [-0.2, 0) is 4.74 Å². The third-order valence-electron chi connectivity index (χ3n) is 1.67. The lowest BCUT2D eigenvalue weighted by atomic mass is 10.3. The third kappa shape index (κ3) is 3.11. The number of aliphatic imine (C=N–C) groups is 1. The second-order valence-electron chi connectivity index (χ2n) is 2.58. The van der Waals surface area contributed by atoms with Crippen LogP contribution < -0.4 is 0 Å². The molecule has 0 N–H and O–H groups in total. The van der Waals surface area contributed by atoms with Crippen molar-refractivity contribution in [2.24, 2.45) is 4.99 Å². The van der Waals surface area contributed by atoms with E-state index in [-0.39, 0.29) is 0 Å². The molecule has 0 amide bonds. The van der Waals surface area contributed by atoms with Gasteiger partial charge in [-0.25, -0.2) is 0 Å². The molecule has 0 unspecified atom stereocenters. The Balaban J connectivity index is 2.70. The topological polar surface area (TPSA) is 21.6 Å². The van der Waals surface area contributed by atoms with Crippen LogP contribution in [0.2, 0.25) is 0 Å². The Morgan fingerprint density at radius 3 is 3.00 bits per heavy atom. The van der Waals surface area contributed by atoms with Gasteiger partial charge in [0.2, 0.25) is 0 Å². The largest absolute Gasteiger partial charge is 0.493 e. The lowest BCUT2D eigenvalue weighted by Gasteiger charge is -2.02. The van der Waals surface area contributed by atoms with E-state index in [4.69, 9.17) is 4.74 Å². The Morgan fingerprint density at radius 2 is 2.31 bits per heavy atom. The third-order valence-corrected chi connectivity index (χ3v) is 1.67. The van der Waals surface area contributed by atoms with Crippen LogP contribution in [0.3, 0.4) is 0 Å². The highest BCUT2D eigenvalue weighted by molar-refractivity contribution is 5.32. The molecule has 1 aliphatic rings. The predicted octanol–water partition coefficient (Wildman–Crippen LogP) is 2.62. The quantitative estimate of drug-likeness (QED) is 0.477. The van der Waals surface area contributed by atoms with E-state index in [1.54, 1.807) is 6.08 Å². The van der Waals surface area contributed by atoms with Crippen molar-refractivity contribution in [2.45, 2.75) is 6.42 Å². The van der Waals surface area contributed by atoms with E-state index in [1.807, 2.05) is 24.3 Å². The van der Waals surface area contributed by atoms with Crippen LogP contribution in [0.15, 0.2) is 53.4 Å². The Kier molecular flexibility index (Phi) is 3.76. The molecule has 0 fully saturated rings. The Morgan fingerprint density at radius 1 is 1.46 bits per heavy atom. The minimum atomic E-state index is 0.651. The van der Waals surface area contributed by atoms with Crippen LogP contribution in [0.5, 0.6) is 0 Å². The molecule has 0 saturated heterocycles. The monoisotopic (exact) mass is 175 g/mol. The first-order valence-corrected chi connectivity index (χ1v) is 4.16. The second-order valence-corrected chi connectivity index (χ2v) is 2.58. The van der Waals surface area contributed by atoms with Gasteiger partial charge in [0.05, 0.1) is 6.61 Å². The van der Waals surface area contributed by atoms with Crippen LogP contribution in [0.25, 0.3) is 0 Å². The van der Waals surface area contributed by atoms with Crippen molar-refractivity contribution in [1.82, 2.24) is 0 Å². The van der Waals surface area contributed by atoms with Gasteiger partial charge in [0.1, 0.15) is 5.76 Å². The van der Waals surface area contributed by atoms with Crippen molar-refractivity contribution < 1.29 is 4.74 Å². The summed E-state index contributed by atoms with van der Waals surface area (Å²) in [6, 6.07) is 0. The zero-order valence-corrected chi connectivity index (χ0v) is 7.57. The Hall–Kier alpha value is -1.57. The molecule has 1 rings (SSSR count). The normalized spacial score (nSPS) is 16.9. The molecule has 0 aromatic rings. The van der Waals surface area contributed by atoms with Crippen molar-refractivity contribution in [3.63, 3.8) is 0 Å². The Labute approximate surface area is 78.6 Å². The van der Waals surface area contributed by atoms with E-state index in [9.17, 15) is 0 Å². The zero-order chi connectivity index (χ0) is 9.52. The van der Waals surface area contributed by atoms with Gasteiger partial charge < -0.3 is 4.74 Å². The summed E-state index contributed by atoms with van der Waals surface area (Å²) in [5.41, 5.74) is 0.960. The number of allylic oxidation sites excluding steroid dienone is 5. The van der Waals surface area contributed by atoms with Gasteiger partial charge >= 0.3 is 0 Å². The predicted molar refractivity (Wildman–Crippen MR) is 55.6 cm³/mol. The summed E-state index contributed by atoms with van der Waals surface area (Å²) in [5, 5.41) is 0. The fourth-order valence-electron chi connectivity index (χ4n) is 0.982. The molecular formula is C11H13NO. The first-order valence-electron chi connectivity index (χ1n) is 4.16. The molecule has 0 spiro atoms. The number of rotatable bonds is 3. The lowest BCUT2D eigenvalue weighted by molar-refractivity contribution is 0.230. The molecule has 0 atom stereocenters. The first-order chi connectivity index (χ1) is 6.36. The molecule has 0 radical (unpaired) electrons. The van der Waals surface area contributed by atoms with Crippen molar-refractivity contribution in [1.29, 1.82) is 0 Å². The average Bonchev–Trinajstić information content (AvgIpc) is 2.39. The summed E-state index contributed by atoms with van der Waals surface area (Å²) >= 11 is 0. The van der Waals surface area contributed by atoms with Crippen LogP contribution in [0.4, 0.5) is 0 Å². The van der Waals surface area contributed by atoms with Crippen molar-refractivity contribution >= 4 is 6.72 Å². The smallest absolute Gasteiger partial charge is 0.119 e. The molecule has 1 heterocycles. The second kappa shape index (κ2) is 5.14. The van der Waals surface area contributed by atoms with Crippen molar-refractivity contribution in [3.8, 4) is 0 Å². The lowest BCUT2D eigenvalue weighted by Crippen LogP contribution is -1.90. The van der Waals surface area contributed by atoms with Crippen LogP contribution in [0.1, 0.15) is 6.42 Å². The molecule has 0 aromatic heterocycles. The maximum absolute atomic E-state index is 5.42. The van der Waals surface area contributed by atoms with Crippen molar-refractivity contribution in [3.05, 3.63) is 48.4 Å². The minimum absolute atomic E-state index is 0.651. The highest BCUT2D eigenvalue weighted by atomic mass is 16.5. The molecule has 2 nitrogen and oxygen atoms in total. The van der Waals surface area contributed by atoms with E-state index >= 15 is 0 Å². The van der Waals surface area contributed by atoms with Gasteiger partial charge in [-0.3, -0.25) is 4.99 Å². The Bertz CT molecular complexity index is 284. The van der Waals surface area contributed by atoms with Gasteiger partial charge in [0.25, 0.3) is 0 Å². The van der Waals surface area contributed by atoms with Gasteiger partial charge in [0, 0.05) is 12.1 Å².